The summed E-state index contributed by atoms with van der Waals surface area (Å²) < 4.78 is 0. The number of fused-ring (bicyclic) bond motifs is 1. The Balaban J connectivity index is 1.67. The summed E-state index contributed by atoms with van der Waals surface area (Å²) in [5.41, 5.74) is 2.50. The molecular formula is C27H26N2O2. The van der Waals surface area contributed by atoms with Crippen LogP contribution in [0, 0.1) is 11.8 Å². The number of carbonyl (C=O) groups is 2. The van der Waals surface area contributed by atoms with Gasteiger partial charge in [-0.05, 0) is 35.3 Å². The van der Waals surface area contributed by atoms with E-state index in [1.54, 1.807) is 0 Å². The lowest BCUT2D eigenvalue weighted by atomic mass is 9.91. The number of rotatable bonds is 3. The van der Waals surface area contributed by atoms with Crippen molar-refractivity contribution in [1.29, 1.82) is 0 Å². The Morgan fingerprint density at radius 3 is 2.13 bits per heavy atom. The molecule has 0 radical (unpaired) electrons. The Hall–Kier alpha value is -3.40. The molecule has 31 heavy (non-hydrogen) atoms. The van der Waals surface area contributed by atoms with Crippen LogP contribution < -0.4 is 4.90 Å². The molecule has 156 valence electrons. The standard InChI is InChI=1S/C27H26N2O2/c1-18-15-19(2)17-28(16-18)25-24(21-10-4-3-5-11-21)26(30)29(27(25)31)23-14-8-12-20-9-6-7-13-22(20)23/h3-14,18-19H,15-17H2,1-2H3. The quantitative estimate of drug-likeness (QED) is 0.564. The average Bonchev–Trinajstić information content (AvgIpc) is 3.03. The number of carbonyl (C=O) groups excluding carboxylic acids is 2. The van der Waals surface area contributed by atoms with Crippen molar-refractivity contribution in [3.05, 3.63) is 84.1 Å². The molecule has 2 amide bonds. The fraction of sp³-hybridized carbons (Fsp3) is 0.259. The number of hydrogen-bond acceptors (Lipinski definition) is 3. The van der Waals surface area contributed by atoms with Gasteiger partial charge in [-0.25, -0.2) is 4.90 Å². The van der Waals surface area contributed by atoms with E-state index >= 15 is 0 Å². The molecule has 2 heterocycles. The lowest BCUT2D eigenvalue weighted by Gasteiger charge is -2.37. The van der Waals surface area contributed by atoms with Gasteiger partial charge in [0.05, 0.1) is 11.3 Å². The minimum Gasteiger partial charge on any atom is -0.366 e. The van der Waals surface area contributed by atoms with E-state index < -0.39 is 0 Å². The average molecular weight is 411 g/mol. The van der Waals surface area contributed by atoms with Crippen LogP contribution in [0.15, 0.2) is 78.5 Å². The van der Waals surface area contributed by atoms with E-state index in [0.29, 0.717) is 28.8 Å². The van der Waals surface area contributed by atoms with Crippen LogP contribution in [0.25, 0.3) is 16.3 Å². The second-order valence-corrected chi connectivity index (χ2v) is 8.88. The van der Waals surface area contributed by atoms with Gasteiger partial charge in [-0.1, -0.05) is 80.6 Å². The van der Waals surface area contributed by atoms with E-state index in [-0.39, 0.29) is 11.8 Å². The largest absolute Gasteiger partial charge is 0.366 e. The van der Waals surface area contributed by atoms with Crippen LogP contribution in [-0.2, 0) is 9.59 Å². The molecule has 5 rings (SSSR count). The van der Waals surface area contributed by atoms with Gasteiger partial charge in [0.2, 0.25) is 0 Å². The first-order valence-corrected chi connectivity index (χ1v) is 11.0. The lowest BCUT2D eigenvalue weighted by Crippen LogP contribution is -2.42. The van der Waals surface area contributed by atoms with Crippen molar-refractivity contribution in [3.63, 3.8) is 0 Å². The predicted molar refractivity (Wildman–Crippen MR) is 124 cm³/mol. The first kappa shape index (κ1) is 19.6. The van der Waals surface area contributed by atoms with Gasteiger partial charge in [0, 0.05) is 18.5 Å². The molecule has 1 saturated heterocycles. The monoisotopic (exact) mass is 410 g/mol. The smallest absolute Gasteiger partial charge is 0.282 e. The molecule has 3 aromatic rings. The van der Waals surface area contributed by atoms with Crippen molar-refractivity contribution in [3.8, 4) is 0 Å². The van der Waals surface area contributed by atoms with Gasteiger partial charge in [0.25, 0.3) is 11.8 Å². The Kier molecular flexibility index (Phi) is 4.85. The third kappa shape index (κ3) is 3.32. The first-order valence-electron chi connectivity index (χ1n) is 11.0. The van der Waals surface area contributed by atoms with E-state index in [2.05, 4.69) is 18.7 Å². The van der Waals surface area contributed by atoms with Gasteiger partial charge in [0.15, 0.2) is 0 Å². The van der Waals surface area contributed by atoms with Crippen molar-refractivity contribution in [2.75, 3.05) is 18.0 Å². The van der Waals surface area contributed by atoms with Crippen LogP contribution in [0.1, 0.15) is 25.8 Å². The molecule has 2 aliphatic heterocycles. The Bertz CT molecular complexity index is 1180. The maximum Gasteiger partial charge on any atom is 0.282 e. The van der Waals surface area contributed by atoms with E-state index in [4.69, 9.17) is 0 Å². The number of nitrogens with zero attached hydrogens (tertiary/aromatic N) is 2. The van der Waals surface area contributed by atoms with Crippen LogP contribution in [0.2, 0.25) is 0 Å². The summed E-state index contributed by atoms with van der Waals surface area (Å²) in [7, 11) is 0. The van der Waals surface area contributed by atoms with Gasteiger partial charge in [-0.15, -0.1) is 0 Å². The van der Waals surface area contributed by atoms with Gasteiger partial charge in [0.1, 0.15) is 5.70 Å². The van der Waals surface area contributed by atoms with Gasteiger partial charge >= 0.3 is 0 Å². The molecule has 2 atom stereocenters. The Morgan fingerprint density at radius 1 is 0.742 bits per heavy atom. The lowest BCUT2D eigenvalue weighted by molar-refractivity contribution is -0.120. The van der Waals surface area contributed by atoms with E-state index in [1.165, 1.54) is 4.90 Å². The number of likely N-dealkylation sites (tertiary alicyclic amines) is 1. The SMILES string of the molecule is CC1CC(C)CN(C2=C(c3ccccc3)C(=O)N(c3cccc4ccccc34)C2=O)C1. The minimum atomic E-state index is -0.242. The molecule has 0 bridgehead atoms. The third-order valence-electron chi connectivity index (χ3n) is 6.31. The second-order valence-electron chi connectivity index (χ2n) is 8.88. The molecular weight excluding hydrogens is 384 g/mol. The highest BCUT2D eigenvalue weighted by molar-refractivity contribution is 6.46. The van der Waals surface area contributed by atoms with Gasteiger partial charge in [-0.3, -0.25) is 9.59 Å². The molecule has 0 aromatic heterocycles. The fourth-order valence-electron chi connectivity index (χ4n) is 5.14. The number of piperidine rings is 1. The van der Waals surface area contributed by atoms with Crippen molar-refractivity contribution >= 4 is 33.8 Å². The molecule has 3 aromatic carbocycles. The minimum absolute atomic E-state index is 0.221. The van der Waals surface area contributed by atoms with Crippen molar-refractivity contribution in [2.24, 2.45) is 11.8 Å². The Morgan fingerprint density at radius 2 is 1.39 bits per heavy atom. The summed E-state index contributed by atoms with van der Waals surface area (Å²) in [5.74, 6) is 0.487. The highest BCUT2D eigenvalue weighted by Crippen LogP contribution is 2.39. The zero-order valence-corrected chi connectivity index (χ0v) is 17.9. The van der Waals surface area contributed by atoms with E-state index in [9.17, 15) is 9.59 Å². The highest BCUT2D eigenvalue weighted by atomic mass is 16.2. The molecule has 2 unspecified atom stereocenters. The second kappa shape index (κ2) is 7.69. The zero-order chi connectivity index (χ0) is 21.5. The summed E-state index contributed by atoms with van der Waals surface area (Å²) in [5, 5.41) is 1.91. The van der Waals surface area contributed by atoms with Gasteiger partial charge in [-0.2, -0.15) is 0 Å². The molecule has 0 spiro atoms. The summed E-state index contributed by atoms with van der Waals surface area (Å²) >= 11 is 0. The summed E-state index contributed by atoms with van der Waals surface area (Å²) in [6.07, 6.45) is 1.14. The summed E-state index contributed by atoms with van der Waals surface area (Å²) in [6.45, 7) is 6.01. The molecule has 2 aliphatic rings. The molecule has 1 fully saturated rings. The van der Waals surface area contributed by atoms with Gasteiger partial charge < -0.3 is 4.90 Å². The highest BCUT2D eigenvalue weighted by Gasteiger charge is 2.44. The van der Waals surface area contributed by atoms with Crippen LogP contribution in [0.4, 0.5) is 5.69 Å². The number of benzene rings is 3. The maximum absolute atomic E-state index is 13.9. The van der Waals surface area contributed by atoms with Crippen LogP contribution >= 0.6 is 0 Å². The molecule has 4 heteroatoms. The van der Waals surface area contributed by atoms with Crippen LogP contribution in [-0.4, -0.2) is 29.8 Å². The molecule has 0 saturated carbocycles. The number of anilines is 1. The van der Waals surface area contributed by atoms with E-state index in [0.717, 1.165) is 35.8 Å². The fourth-order valence-corrected chi connectivity index (χ4v) is 5.14. The van der Waals surface area contributed by atoms with Crippen LogP contribution in [0.3, 0.4) is 0 Å². The maximum atomic E-state index is 13.9. The Labute approximate surface area is 182 Å². The summed E-state index contributed by atoms with van der Waals surface area (Å²) in [6, 6.07) is 23.3. The normalized spacial score (nSPS) is 22.0. The first-order chi connectivity index (χ1) is 15.0. The topological polar surface area (TPSA) is 40.6 Å². The van der Waals surface area contributed by atoms with Crippen molar-refractivity contribution in [2.45, 2.75) is 20.3 Å². The summed E-state index contributed by atoms with van der Waals surface area (Å²) in [4.78, 5) is 31.2. The number of amides is 2. The van der Waals surface area contributed by atoms with Crippen LogP contribution in [0.5, 0.6) is 0 Å². The van der Waals surface area contributed by atoms with E-state index in [1.807, 2.05) is 72.8 Å². The zero-order valence-electron chi connectivity index (χ0n) is 17.9. The van der Waals surface area contributed by atoms with Crippen molar-refractivity contribution < 1.29 is 9.59 Å². The predicted octanol–water partition coefficient (Wildman–Crippen LogP) is 5.10. The third-order valence-corrected chi connectivity index (χ3v) is 6.31. The molecule has 4 nitrogen and oxygen atoms in total. The molecule has 0 aliphatic carbocycles. The molecule has 0 N–H and O–H groups in total. The number of imide groups is 1. The van der Waals surface area contributed by atoms with Crippen molar-refractivity contribution in [1.82, 2.24) is 4.90 Å². The number of hydrogen-bond donors (Lipinski definition) is 0.